The number of rotatable bonds is 6. The number of ether oxygens (including phenoxy) is 1. The monoisotopic (exact) mass is 364 g/mol. The number of hydrogen-bond acceptors (Lipinski definition) is 4. The highest BCUT2D eigenvalue weighted by atomic mass is 19.1. The zero-order chi connectivity index (χ0) is 19.1. The van der Waals surface area contributed by atoms with Crippen molar-refractivity contribution in [3.63, 3.8) is 0 Å². The minimum absolute atomic E-state index is 0.104. The molecule has 0 fully saturated rings. The second-order valence-electron chi connectivity index (χ2n) is 5.70. The predicted octanol–water partition coefficient (Wildman–Crippen LogP) is 3.87. The molecule has 0 aliphatic carbocycles. The average Bonchev–Trinajstić information content (AvgIpc) is 2.69. The Morgan fingerprint density at radius 3 is 2.44 bits per heavy atom. The fourth-order valence-electron chi connectivity index (χ4n) is 2.29. The summed E-state index contributed by atoms with van der Waals surface area (Å²) in [5.41, 5.74) is 4.15. The first-order valence-corrected chi connectivity index (χ1v) is 8.20. The number of nitrogens with one attached hydrogen (secondary N) is 1. The number of carbonyl (C=O) groups is 1. The number of benzene rings is 3. The molecule has 136 valence electrons. The van der Waals surface area contributed by atoms with Gasteiger partial charge in [0.05, 0.1) is 11.8 Å². The first kappa shape index (κ1) is 18.1. The third kappa shape index (κ3) is 5.15. The number of hydrogen-bond donors (Lipinski definition) is 2. The lowest BCUT2D eigenvalue weighted by atomic mass is 10.2. The van der Waals surface area contributed by atoms with E-state index < -0.39 is 5.91 Å². The van der Waals surface area contributed by atoms with Crippen LogP contribution in [0.25, 0.3) is 0 Å². The van der Waals surface area contributed by atoms with Crippen molar-refractivity contribution in [3.05, 3.63) is 95.3 Å². The second-order valence-corrected chi connectivity index (χ2v) is 5.70. The molecule has 0 saturated carbocycles. The normalized spacial score (nSPS) is 10.7. The van der Waals surface area contributed by atoms with Crippen molar-refractivity contribution in [2.45, 2.75) is 6.61 Å². The summed E-state index contributed by atoms with van der Waals surface area (Å²) < 4.78 is 18.5. The van der Waals surface area contributed by atoms with Crippen LogP contribution in [0.3, 0.4) is 0 Å². The zero-order valence-corrected chi connectivity index (χ0v) is 14.3. The van der Waals surface area contributed by atoms with Crippen LogP contribution in [0.4, 0.5) is 4.39 Å². The summed E-state index contributed by atoms with van der Waals surface area (Å²) in [4.78, 5) is 11.9. The highest BCUT2D eigenvalue weighted by molar-refractivity contribution is 5.97. The van der Waals surface area contributed by atoms with Crippen LogP contribution in [-0.2, 0) is 6.61 Å². The van der Waals surface area contributed by atoms with Gasteiger partial charge in [-0.1, -0.05) is 24.3 Å². The fourth-order valence-corrected chi connectivity index (χ4v) is 2.29. The number of halogens is 1. The molecule has 0 aliphatic heterocycles. The van der Waals surface area contributed by atoms with Crippen LogP contribution >= 0.6 is 0 Å². The minimum Gasteiger partial charge on any atom is -0.507 e. The van der Waals surface area contributed by atoms with Crippen LogP contribution in [0, 0.1) is 5.82 Å². The van der Waals surface area contributed by atoms with Crippen molar-refractivity contribution in [2.75, 3.05) is 0 Å². The van der Waals surface area contributed by atoms with Gasteiger partial charge in [0.1, 0.15) is 23.9 Å². The minimum atomic E-state index is -0.497. The summed E-state index contributed by atoms with van der Waals surface area (Å²) in [6, 6.07) is 19.5. The molecule has 3 aromatic carbocycles. The van der Waals surface area contributed by atoms with E-state index in [0.29, 0.717) is 12.4 Å². The Labute approximate surface area is 155 Å². The molecular formula is C21H17FN2O3. The highest BCUT2D eigenvalue weighted by Gasteiger charge is 2.08. The van der Waals surface area contributed by atoms with Gasteiger partial charge in [0.25, 0.3) is 5.91 Å². The van der Waals surface area contributed by atoms with Crippen LogP contribution in [0.15, 0.2) is 77.9 Å². The number of phenols is 1. The molecular weight excluding hydrogens is 347 g/mol. The molecule has 0 unspecified atom stereocenters. The molecule has 0 heterocycles. The lowest BCUT2D eigenvalue weighted by molar-refractivity contribution is 0.0952. The summed E-state index contributed by atoms with van der Waals surface area (Å²) >= 11 is 0. The Morgan fingerprint density at radius 1 is 1.04 bits per heavy atom. The highest BCUT2D eigenvalue weighted by Crippen LogP contribution is 2.15. The predicted molar refractivity (Wildman–Crippen MR) is 100 cm³/mol. The third-order valence-corrected chi connectivity index (χ3v) is 3.73. The molecule has 5 nitrogen and oxygen atoms in total. The molecule has 3 aromatic rings. The maximum absolute atomic E-state index is 12.9. The molecule has 0 radical (unpaired) electrons. The molecule has 1 amide bonds. The van der Waals surface area contributed by atoms with Crippen molar-refractivity contribution in [1.82, 2.24) is 5.43 Å². The van der Waals surface area contributed by atoms with Crippen LogP contribution in [0.5, 0.6) is 11.5 Å². The van der Waals surface area contributed by atoms with Gasteiger partial charge >= 0.3 is 0 Å². The van der Waals surface area contributed by atoms with E-state index in [1.54, 1.807) is 48.5 Å². The number of hydrazone groups is 1. The molecule has 6 heteroatoms. The number of nitrogens with zero attached hydrogens (tertiary/aromatic N) is 1. The lowest BCUT2D eigenvalue weighted by Crippen LogP contribution is -2.17. The van der Waals surface area contributed by atoms with Gasteiger partial charge in [-0.05, 0) is 59.7 Å². The van der Waals surface area contributed by atoms with E-state index in [-0.39, 0.29) is 17.1 Å². The molecule has 0 bridgehead atoms. The largest absolute Gasteiger partial charge is 0.507 e. The van der Waals surface area contributed by atoms with Gasteiger partial charge < -0.3 is 9.84 Å². The Hall–Kier alpha value is -3.67. The standard InChI is InChI=1S/C21H17FN2O3/c22-17-9-5-16(6-10-17)14-27-18-11-7-15(8-12-18)13-23-24-21(26)19-3-1-2-4-20(19)25/h1-13,25H,14H2,(H,24,26)/b23-13-. The molecule has 3 rings (SSSR count). The van der Waals surface area contributed by atoms with E-state index in [1.807, 2.05) is 0 Å². The van der Waals surface area contributed by atoms with Crippen molar-refractivity contribution in [2.24, 2.45) is 5.10 Å². The Bertz CT molecular complexity index is 938. The van der Waals surface area contributed by atoms with Crippen molar-refractivity contribution < 1.29 is 19.0 Å². The first-order chi connectivity index (χ1) is 13.1. The van der Waals surface area contributed by atoms with E-state index in [1.165, 1.54) is 30.5 Å². The molecule has 0 aliphatic rings. The maximum Gasteiger partial charge on any atom is 0.275 e. The van der Waals surface area contributed by atoms with E-state index in [0.717, 1.165) is 11.1 Å². The van der Waals surface area contributed by atoms with Gasteiger partial charge in [0, 0.05) is 0 Å². The van der Waals surface area contributed by atoms with Gasteiger partial charge in [0.15, 0.2) is 0 Å². The SMILES string of the molecule is O=C(N/N=C\c1ccc(OCc2ccc(F)cc2)cc1)c1ccccc1O. The van der Waals surface area contributed by atoms with Gasteiger partial charge in [-0.25, -0.2) is 9.82 Å². The van der Waals surface area contributed by atoms with E-state index >= 15 is 0 Å². The van der Waals surface area contributed by atoms with Gasteiger partial charge in [-0.2, -0.15) is 5.10 Å². The third-order valence-electron chi connectivity index (χ3n) is 3.73. The van der Waals surface area contributed by atoms with E-state index in [4.69, 9.17) is 4.74 Å². The molecule has 27 heavy (non-hydrogen) atoms. The zero-order valence-electron chi connectivity index (χ0n) is 14.3. The maximum atomic E-state index is 12.9. The quantitative estimate of drug-likeness (QED) is 0.515. The van der Waals surface area contributed by atoms with Gasteiger partial charge in [-0.15, -0.1) is 0 Å². The fraction of sp³-hybridized carbons (Fsp3) is 0.0476. The van der Waals surface area contributed by atoms with Crippen molar-refractivity contribution in [1.29, 1.82) is 0 Å². The molecule has 0 atom stereocenters. The summed E-state index contributed by atoms with van der Waals surface area (Å²) in [6.45, 7) is 0.338. The molecule has 0 spiro atoms. The lowest BCUT2D eigenvalue weighted by Gasteiger charge is -2.06. The average molecular weight is 364 g/mol. The molecule has 0 saturated heterocycles. The Morgan fingerprint density at radius 2 is 1.74 bits per heavy atom. The van der Waals surface area contributed by atoms with Gasteiger partial charge in [-0.3, -0.25) is 4.79 Å². The molecule has 2 N–H and O–H groups in total. The summed E-state index contributed by atoms with van der Waals surface area (Å²) in [6.07, 6.45) is 1.49. The van der Waals surface area contributed by atoms with Crippen LogP contribution in [0.1, 0.15) is 21.5 Å². The van der Waals surface area contributed by atoms with Crippen LogP contribution < -0.4 is 10.2 Å². The number of carbonyl (C=O) groups excluding carboxylic acids is 1. The summed E-state index contributed by atoms with van der Waals surface area (Å²) in [5, 5.41) is 13.5. The smallest absolute Gasteiger partial charge is 0.275 e. The van der Waals surface area contributed by atoms with E-state index in [2.05, 4.69) is 10.5 Å². The van der Waals surface area contributed by atoms with Crippen LogP contribution in [-0.4, -0.2) is 17.2 Å². The Balaban J connectivity index is 1.52. The Kier molecular flexibility index (Phi) is 5.79. The topological polar surface area (TPSA) is 70.9 Å². The van der Waals surface area contributed by atoms with Crippen molar-refractivity contribution >= 4 is 12.1 Å². The summed E-state index contributed by atoms with van der Waals surface area (Å²) in [5.74, 6) is -0.219. The molecule has 0 aromatic heterocycles. The second kappa shape index (κ2) is 8.62. The van der Waals surface area contributed by atoms with Crippen molar-refractivity contribution in [3.8, 4) is 11.5 Å². The van der Waals surface area contributed by atoms with E-state index in [9.17, 15) is 14.3 Å². The number of amides is 1. The number of phenolic OH excluding ortho intramolecular Hbond substituents is 1. The first-order valence-electron chi connectivity index (χ1n) is 8.20. The van der Waals surface area contributed by atoms with Crippen LogP contribution in [0.2, 0.25) is 0 Å². The number of para-hydroxylation sites is 1. The summed E-state index contributed by atoms with van der Waals surface area (Å²) in [7, 11) is 0. The number of aromatic hydroxyl groups is 1. The van der Waals surface area contributed by atoms with Gasteiger partial charge in [0.2, 0.25) is 0 Å².